The zero-order valence-electron chi connectivity index (χ0n) is 39.4. The molecular weight excluding hydrogens is 859 g/mol. The van der Waals surface area contributed by atoms with Crippen molar-refractivity contribution in [2.45, 2.75) is 31.1 Å². The molecular formula is C69H49NO. The Morgan fingerprint density at radius 1 is 0.394 bits per heavy atom. The van der Waals surface area contributed by atoms with E-state index in [0.29, 0.717) is 10.8 Å². The van der Waals surface area contributed by atoms with Gasteiger partial charge in [0.15, 0.2) is 0 Å². The SMILES string of the molecule is c1ccc(-c2oc3c4ccccc4c4ccc(-c5ccc(N(c6ccc(C78CC9CC%10CC(C7)C%1098)cc6)c6ccc(-c7cccc8ccccc78)c7ccccc67)cc5)cc4c3c2-c2ccccc2)cc1. The summed E-state index contributed by atoms with van der Waals surface area (Å²) >= 11 is 0. The molecule has 0 aliphatic heterocycles. The molecule has 0 N–H and O–H groups in total. The van der Waals surface area contributed by atoms with Gasteiger partial charge in [0.2, 0.25) is 0 Å². The highest BCUT2D eigenvalue weighted by Gasteiger charge is 2.87. The lowest BCUT2D eigenvalue weighted by Gasteiger charge is -2.91. The minimum Gasteiger partial charge on any atom is -0.455 e. The van der Waals surface area contributed by atoms with Gasteiger partial charge in [-0.1, -0.05) is 194 Å². The minimum atomic E-state index is 0.417. The fourth-order valence-electron chi connectivity index (χ4n) is 15.4. The van der Waals surface area contributed by atoms with Gasteiger partial charge in [0.05, 0.1) is 5.69 Å². The fraction of sp³-hybridized carbons (Fsp3) is 0.130. The molecule has 1 heterocycles. The van der Waals surface area contributed by atoms with E-state index in [9.17, 15) is 0 Å². The van der Waals surface area contributed by atoms with Gasteiger partial charge in [-0.2, -0.15) is 0 Å². The van der Waals surface area contributed by atoms with Crippen molar-refractivity contribution in [2.75, 3.05) is 4.90 Å². The molecule has 71 heavy (non-hydrogen) atoms. The normalized spacial score (nSPS) is 21.5. The van der Waals surface area contributed by atoms with Crippen LogP contribution < -0.4 is 4.90 Å². The summed E-state index contributed by atoms with van der Waals surface area (Å²) in [4.78, 5) is 2.50. The van der Waals surface area contributed by atoms with Crippen molar-refractivity contribution in [1.82, 2.24) is 0 Å². The first-order valence-corrected chi connectivity index (χ1v) is 25.7. The fourth-order valence-corrected chi connectivity index (χ4v) is 15.4. The molecule has 4 fully saturated rings. The van der Waals surface area contributed by atoms with Gasteiger partial charge in [-0.15, -0.1) is 0 Å². The number of hydrogen-bond acceptors (Lipinski definition) is 2. The van der Waals surface area contributed by atoms with Crippen molar-refractivity contribution in [1.29, 1.82) is 0 Å². The zero-order chi connectivity index (χ0) is 46.4. The molecule has 0 bridgehead atoms. The molecule has 16 rings (SSSR count). The lowest BCUT2D eigenvalue weighted by molar-refractivity contribution is -0.395. The number of rotatable bonds is 8. The largest absolute Gasteiger partial charge is 0.455 e. The van der Waals surface area contributed by atoms with Crippen molar-refractivity contribution in [3.05, 3.63) is 236 Å². The van der Waals surface area contributed by atoms with Crippen molar-refractivity contribution in [3.8, 4) is 44.7 Å². The second kappa shape index (κ2) is 14.7. The van der Waals surface area contributed by atoms with E-state index in [1.807, 2.05) is 0 Å². The summed E-state index contributed by atoms with van der Waals surface area (Å²) in [6, 6.07) is 85.4. The molecule has 4 aliphatic rings. The van der Waals surface area contributed by atoms with E-state index in [1.165, 1.54) is 97.0 Å². The molecule has 4 aliphatic carbocycles. The molecule has 11 aromatic carbocycles. The Hall–Kier alpha value is -8.20. The summed E-state index contributed by atoms with van der Waals surface area (Å²) in [5, 5.41) is 10.9. The number of fused-ring (bicyclic) bond motifs is 8. The Morgan fingerprint density at radius 3 is 1.69 bits per heavy atom. The van der Waals surface area contributed by atoms with Crippen molar-refractivity contribution >= 4 is 71.1 Å². The maximum absolute atomic E-state index is 7.07. The van der Waals surface area contributed by atoms with E-state index in [2.05, 4.69) is 235 Å². The number of furan rings is 1. The van der Waals surface area contributed by atoms with Crippen LogP contribution in [0.2, 0.25) is 0 Å². The third kappa shape index (κ3) is 5.32. The first-order valence-electron chi connectivity index (χ1n) is 25.7. The van der Waals surface area contributed by atoms with E-state index >= 15 is 0 Å². The van der Waals surface area contributed by atoms with Crippen molar-refractivity contribution in [2.24, 2.45) is 23.2 Å². The lowest BCUT2D eigenvalue weighted by Crippen LogP contribution is -2.87. The third-order valence-electron chi connectivity index (χ3n) is 18.3. The molecule has 12 aromatic rings. The van der Waals surface area contributed by atoms with Gasteiger partial charge >= 0.3 is 0 Å². The predicted molar refractivity (Wildman–Crippen MR) is 296 cm³/mol. The molecule has 2 heteroatoms. The third-order valence-corrected chi connectivity index (χ3v) is 18.3. The van der Waals surface area contributed by atoms with Crippen LogP contribution in [0.3, 0.4) is 0 Å². The number of anilines is 3. The van der Waals surface area contributed by atoms with Crippen LogP contribution in [0.5, 0.6) is 0 Å². The topological polar surface area (TPSA) is 16.4 Å². The molecule has 2 atom stereocenters. The van der Waals surface area contributed by atoms with Crippen LogP contribution in [0.25, 0.3) is 98.8 Å². The van der Waals surface area contributed by atoms with Gasteiger partial charge in [0.1, 0.15) is 11.3 Å². The Balaban J connectivity index is 0.853. The van der Waals surface area contributed by atoms with Gasteiger partial charge in [-0.25, -0.2) is 0 Å². The highest BCUT2D eigenvalue weighted by molar-refractivity contribution is 6.29. The lowest BCUT2D eigenvalue weighted by atomic mass is 9.12. The van der Waals surface area contributed by atoms with Crippen LogP contribution >= 0.6 is 0 Å². The van der Waals surface area contributed by atoms with Gasteiger partial charge < -0.3 is 9.32 Å². The van der Waals surface area contributed by atoms with Crippen LogP contribution in [0.4, 0.5) is 17.1 Å². The molecule has 336 valence electrons. The summed E-state index contributed by atoms with van der Waals surface area (Å²) in [7, 11) is 0. The Bertz CT molecular complexity index is 4100. The minimum absolute atomic E-state index is 0.417. The van der Waals surface area contributed by atoms with Crippen LogP contribution in [0, 0.1) is 23.2 Å². The van der Waals surface area contributed by atoms with Gasteiger partial charge in [0, 0.05) is 44.1 Å². The van der Waals surface area contributed by atoms with Crippen LogP contribution in [0.1, 0.15) is 31.2 Å². The van der Waals surface area contributed by atoms with Gasteiger partial charge in [0.25, 0.3) is 0 Å². The molecule has 2 unspecified atom stereocenters. The van der Waals surface area contributed by atoms with Crippen LogP contribution in [-0.2, 0) is 5.41 Å². The first kappa shape index (κ1) is 39.6. The number of hydrogen-bond donors (Lipinski definition) is 0. The average Bonchev–Trinajstić information content (AvgIpc) is 3.89. The Morgan fingerprint density at radius 2 is 0.972 bits per heavy atom. The Labute approximate surface area is 413 Å². The Kier molecular flexibility index (Phi) is 8.19. The monoisotopic (exact) mass is 907 g/mol. The summed E-state index contributed by atoms with van der Waals surface area (Å²) in [5.41, 5.74) is 15.3. The van der Waals surface area contributed by atoms with Gasteiger partial charge in [-0.3, -0.25) is 0 Å². The highest BCUT2D eigenvalue weighted by atomic mass is 16.3. The summed E-state index contributed by atoms with van der Waals surface area (Å²) in [5.74, 6) is 3.83. The van der Waals surface area contributed by atoms with E-state index < -0.39 is 0 Å². The van der Waals surface area contributed by atoms with Crippen LogP contribution in [-0.4, -0.2) is 0 Å². The molecule has 4 saturated carbocycles. The quantitative estimate of drug-likeness (QED) is 0.141. The average molecular weight is 908 g/mol. The summed E-state index contributed by atoms with van der Waals surface area (Å²) in [6.45, 7) is 0. The van der Waals surface area contributed by atoms with Crippen molar-refractivity contribution in [3.63, 3.8) is 0 Å². The van der Waals surface area contributed by atoms with Crippen LogP contribution in [0.15, 0.2) is 235 Å². The standard InChI is InChI=1S/C69H49NO/c1-3-15-45(16-4-1)64-65-62-38-47(28-35-59(62)57-22-10-12-24-61(57)67(65)71-66(64)46-17-5-2-6-18-46)43-26-31-52(32-27-43)70(53-33-29-48(30-34-53)68-41-50-39-49-40-51(42-68)69(49,50)68)63-37-36-58(56-21-9-11-23-60(56)63)55-25-13-19-44-14-7-8-20-54(44)55/h1-38,49-51H,39-42H2. The smallest absolute Gasteiger partial charge is 0.143 e. The second-order valence-electron chi connectivity index (χ2n) is 21.2. The molecule has 1 spiro atoms. The zero-order valence-corrected chi connectivity index (χ0v) is 39.4. The summed E-state index contributed by atoms with van der Waals surface area (Å²) in [6.07, 6.45) is 5.75. The first-order chi connectivity index (χ1) is 35.2. The maximum Gasteiger partial charge on any atom is 0.143 e. The van der Waals surface area contributed by atoms with E-state index in [-0.39, 0.29) is 0 Å². The number of benzene rings is 11. The summed E-state index contributed by atoms with van der Waals surface area (Å²) < 4.78 is 7.07. The van der Waals surface area contributed by atoms with E-state index in [1.54, 1.807) is 5.56 Å². The maximum atomic E-state index is 7.07. The molecule has 2 nitrogen and oxygen atoms in total. The van der Waals surface area contributed by atoms with Gasteiger partial charge in [-0.05, 0) is 151 Å². The molecule has 0 saturated heterocycles. The van der Waals surface area contributed by atoms with E-state index in [0.717, 1.165) is 62.2 Å². The van der Waals surface area contributed by atoms with E-state index in [4.69, 9.17) is 4.42 Å². The highest BCUT2D eigenvalue weighted by Crippen LogP contribution is 2.92. The second-order valence-corrected chi connectivity index (χ2v) is 21.2. The molecule has 0 radical (unpaired) electrons. The predicted octanol–water partition coefficient (Wildman–Crippen LogP) is 18.9. The molecule has 1 aromatic heterocycles. The van der Waals surface area contributed by atoms with Crippen molar-refractivity contribution < 1.29 is 4.42 Å². The molecule has 0 amide bonds. The number of nitrogens with zero attached hydrogens (tertiary/aromatic N) is 1.